The van der Waals surface area contributed by atoms with Crippen molar-refractivity contribution < 1.29 is 0 Å². The van der Waals surface area contributed by atoms with Gasteiger partial charge in [0.2, 0.25) is 0 Å². The van der Waals surface area contributed by atoms with Crippen LogP contribution in [-0.2, 0) is 5.41 Å². The lowest BCUT2D eigenvalue weighted by atomic mass is 9.83. The van der Waals surface area contributed by atoms with E-state index >= 15 is 0 Å². The van der Waals surface area contributed by atoms with Crippen molar-refractivity contribution in [2.45, 2.75) is 25.7 Å². The Morgan fingerprint density at radius 3 is 2.71 bits per heavy atom. The van der Waals surface area contributed by atoms with Gasteiger partial charge in [-0.2, -0.15) is 0 Å². The van der Waals surface area contributed by atoms with Crippen molar-refractivity contribution in [1.29, 1.82) is 0 Å². The molecule has 2 aliphatic carbocycles. The van der Waals surface area contributed by atoms with Crippen LogP contribution in [0.15, 0.2) is 42.0 Å². The molecule has 0 bridgehead atoms. The Morgan fingerprint density at radius 2 is 1.86 bits per heavy atom. The van der Waals surface area contributed by atoms with E-state index in [2.05, 4.69) is 50.3 Å². The lowest BCUT2D eigenvalue weighted by Gasteiger charge is -2.20. The van der Waals surface area contributed by atoms with E-state index in [-0.39, 0.29) is 5.41 Å². The largest absolute Gasteiger partial charge is 0.0760 e. The molecule has 70 valence electrons. The van der Waals surface area contributed by atoms with Crippen LogP contribution in [0.1, 0.15) is 31.4 Å². The van der Waals surface area contributed by atoms with Gasteiger partial charge in [-0.25, -0.2) is 0 Å². The average Bonchev–Trinajstić information content (AvgIpc) is 2.72. The van der Waals surface area contributed by atoms with Gasteiger partial charge >= 0.3 is 0 Å². The second-order valence-electron chi connectivity index (χ2n) is 4.64. The van der Waals surface area contributed by atoms with E-state index in [0.29, 0.717) is 0 Å². The maximum absolute atomic E-state index is 2.37. The van der Waals surface area contributed by atoms with Crippen LogP contribution in [0.25, 0.3) is 5.57 Å². The summed E-state index contributed by atoms with van der Waals surface area (Å²) in [6, 6.07) is 8.78. The molecule has 0 atom stereocenters. The monoisotopic (exact) mass is 182 g/mol. The summed E-state index contributed by atoms with van der Waals surface area (Å²) in [7, 11) is 0. The first kappa shape index (κ1) is 8.05. The Kier molecular flexibility index (Phi) is 1.37. The summed E-state index contributed by atoms with van der Waals surface area (Å²) >= 11 is 0. The van der Waals surface area contributed by atoms with Crippen molar-refractivity contribution in [3.8, 4) is 0 Å². The molecule has 0 fully saturated rings. The molecular formula is C14H14. The first-order valence-electron chi connectivity index (χ1n) is 5.22. The number of hydrogen-bond acceptors (Lipinski definition) is 0. The molecular weight excluding hydrogens is 168 g/mol. The molecule has 0 N–H and O–H groups in total. The van der Waals surface area contributed by atoms with Gasteiger partial charge in [-0.15, -0.1) is 0 Å². The first-order chi connectivity index (χ1) is 6.71. The van der Waals surface area contributed by atoms with Gasteiger partial charge in [-0.1, -0.05) is 50.3 Å². The van der Waals surface area contributed by atoms with Crippen LogP contribution in [0.5, 0.6) is 0 Å². The molecule has 0 aliphatic heterocycles. The summed E-state index contributed by atoms with van der Waals surface area (Å²) < 4.78 is 0. The van der Waals surface area contributed by atoms with Crippen LogP contribution in [-0.4, -0.2) is 0 Å². The zero-order valence-electron chi connectivity index (χ0n) is 8.67. The van der Waals surface area contributed by atoms with E-state index in [4.69, 9.17) is 0 Å². The number of hydrogen-bond donors (Lipinski definition) is 0. The SMILES string of the molecule is CC1(C)C2=CCC=C2c2ccccc21. The van der Waals surface area contributed by atoms with Crippen molar-refractivity contribution in [3.05, 3.63) is 53.1 Å². The predicted octanol–water partition coefficient (Wildman–Crippen LogP) is 3.69. The molecule has 0 nitrogen and oxygen atoms in total. The van der Waals surface area contributed by atoms with Crippen molar-refractivity contribution in [2.75, 3.05) is 0 Å². The minimum Gasteiger partial charge on any atom is -0.0760 e. The molecule has 3 rings (SSSR count). The molecule has 0 amide bonds. The van der Waals surface area contributed by atoms with Gasteiger partial charge in [0.05, 0.1) is 0 Å². The molecule has 0 aromatic heterocycles. The van der Waals surface area contributed by atoms with Gasteiger partial charge in [-0.3, -0.25) is 0 Å². The van der Waals surface area contributed by atoms with Gasteiger partial charge in [-0.05, 0) is 28.7 Å². The van der Waals surface area contributed by atoms with Crippen LogP contribution in [0.2, 0.25) is 0 Å². The van der Waals surface area contributed by atoms with E-state index in [0.717, 1.165) is 6.42 Å². The maximum atomic E-state index is 2.37. The molecule has 14 heavy (non-hydrogen) atoms. The highest BCUT2D eigenvalue weighted by Gasteiger charge is 2.38. The predicted molar refractivity (Wildman–Crippen MR) is 60.1 cm³/mol. The maximum Gasteiger partial charge on any atom is 0.0155 e. The van der Waals surface area contributed by atoms with Gasteiger partial charge in [0, 0.05) is 5.41 Å². The Balaban J connectivity index is 2.36. The Labute approximate surface area is 85.0 Å². The van der Waals surface area contributed by atoms with Crippen molar-refractivity contribution >= 4 is 5.57 Å². The number of benzene rings is 1. The van der Waals surface area contributed by atoms with Crippen LogP contribution in [0.4, 0.5) is 0 Å². The molecule has 0 radical (unpaired) electrons. The second-order valence-corrected chi connectivity index (χ2v) is 4.64. The molecule has 1 aromatic rings. The second kappa shape index (κ2) is 2.38. The van der Waals surface area contributed by atoms with E-state index in [1.165, 1.54) is 22.3 Å². The Hall–Kier alpha value is -1.30. The normalized spacial score (nSPS) is 21.3. The van der Waals surface area contributed by atoms with E-state index in [1.54, 1.807) is 0 Å². The van der Waals surface area contributed by atoms with Gasteiger partial charge < -0.3 is 0 Å². The minimum atomic E-state index is 0.221. The van der Waals surface area contributed by atoms with E-state index in [1.807, 2.05) is 0 Å². The third-order valence-electron chi connectivity index (χ3n) is 3.50. The van der Waals surface area contributed by atoms with Gasteiger partial charge in [0.15, 0.2) is 0 Å². The molecule has 0 saturated heterocycles. The van der Waals surface area contributed by atoms with Crippen LogP contribution in [0.3, 0.4) is 0 Å². The zero-order valence-corrected chi connectivity index (χ0v) is 8.67. The summed E-state index contributed by atoms with van der Waals surface area (Å²) in [6.07, 6.45) is 5.83. The van der Waals surface area contributed by atoms with E-state index in [9.17, 15) is 0 Å². The minimum absolute atomic E-state index is 0.221. The topological polar surface area (TPSA) is 0 Å². The third kappa shape index (κ3) is 0.790. The number of fused-ring (bicyclic) bond motifs is 3. The van der Waals surface area contributed by atoms with Gasteiger partial charge in [0.25, 0.3) is 0 Å². The van der Waals surface area contributed by atoms with Crippen molar-refractivity contribution in [3.63, 3.8) is 0 Å². The fraction of sp³-hybridized carbons (Fsp3) is 0.286. The Bertz CT molecular complexity index is 459. The summed E-state index contributed by atoms with van der Waals surface area (Å²) in [5.41, 5.74) is 6.15. The van der Waals surface area contributed by atoms with Crippen LogP contribution < -0.4 is 0 Å². The highest BCUT2D eigenvalue weighted by molar-refractivity contribution is 5.91. The smallest absolute Gasteiger partial charge is 0.0155 e. The summed E-state index contributed by atoms with van der Waals surface area (Å²) in [4.78, 5) is 0. The third-order valence-corrected chi connectivity index (χ3v) is 3.50. The number of allylic oxidation sites excluding steroid dienone is 4. The van der Waals surface area contributed by atoms with E-state index < -0.39 is 0 Å². The van der Waals surface area contributed by atoms with Gasteiger partial charge in [0.1, 0.15) is 0 Å². The molecule has 0 heterocycles. The average molecular weight is 182 g/mol. The van der Waals surface area contributed by atoms with Crippen LogP contribution >= 0.6 is 0 Å². The highest BCUT2D eigenvalue weighted by atomic mass is 14.4. The zero-order chi connectivity index (χ0) is 9.76. The summed E-state index contributed by atoms with van der Waals surface area (Å²) in [5.74, 6) is 0. The lowest BCUT2D eigenvalue weighted by Crippen LogP contribution is -2.14. The molecule has 2 aliphatic rings. The fourth-order valence-electron chi connectivity index (χ4n) is 2.77. The molecule has 0 unspecified atom stereocenters. The summed E-state index contributed by atoms with van der Waals surface area (Å²) in [6.45, 7) is 4.65. The quantitative estimate of drug-likeness (QED) is 0.574. The summed E-state index contributed by atoms with van der Waals surface area (Å²) in [5, 5.41) is 0. The number of rotatable bonds is 0. The van der Waals surface area contributed by atoms with Crippen molar-refractivity contribution in [1.82, 2.24) is 0 Å². The molecule has 0 heteroatoms. The van der Waals surface area contributed by atoms with Crippen LogP contribution in [0, 0.1) is 0 Å². The molecule has 0 saturated carbocycles. The fourth-order valence-corrected chi connectivity index (χ4v) is 2.77. The molecule has 1 aromatic carbocycles. The Morgan fingerprint density at radius 1 is 1.07 bits per heavy atom. The lowest BCUT2D eigenvalue weighted by molar-refractivity contribution is 0.660. The molecule has 0 spiro atoms. The first-order valence-corrected chi connectivity index (χ1v) is 5.22. The highest BCUT2D eigenvalue weighted by Crippen LogP contribution is 2.51. The standard InChI is InChI=1S/C14H14/c1-14(2)12-8-4-3-6-10(12)11-7-5-9-13(11)14/h3-4,6-9H,5H2,1-2H3. The van der Waals surface area contributed by atoms with Crippen molar-refractivity contribution in [2.24, 2.45) is 0 Å².